The van der Waals surface area contributed by atoms with Crippen LogP contribution in [-0.4, -0.2) is 11.1 Å². The molecule has 1 aliphatic carbocycles. The number of allylic oxidation sites excluding steroid dienone is 2. The van der Waals surface area contributed by atoms with Gasteiger partial charge < -0.3 is 5.11 Å². The van der Waals surface area contributed by atoms with Crippen LogP contribution in [0.15, 0.2) is 12.2 Å². The van der Waals surface area contributed by atoms with Crippen LogP contribution in [0.4, 0.5) is 0 Å². The summed E-state index contributed by atoms with van der Waals surface area (Å²) in [4.78, 5) is 10.4. The van der Waals surface area contributed by atoms with Gasteiger partial charge in [0.15, 0.2) is 0 Å². The van der Waals surface area contributed by atoms with E-state index in [1.807, 2.05) is 6.92 Å². The van der Waals surface area contributed by atoms with Crippen LogP contribution in [0.3, 0.4) is 0 Å². The summed E-state index contributed by atoms with van der Waals surface area (Å²) in [5, 5.41) is 8.61. The van der Waals surface area contributed by atoms with Crippen LogP contribution in [0.5, 0.6) is 0 Å². The first-order valence-corrected chi connectivity index (χ1v) is 3.99. The van der Waals surface area contributed by atoms with Crippen molar-refractivity contribution in [2.45, 2.75) is 32.6 Å². The second kappa shape index (κ2) is 3.07. The Morgan fingerprint density at radius 2 is 2.36 bits per heavy atom. The van der Waals surface area contributed by atoms with Gasteiger partial charge in [-0.2, -0.15) is 0 Å². The third kappa shape index (κ3) is 2.37. The van der Waals surface area contributed by atoms with Crippen molar-refractivity contribution in [3.63, 3.8) is 0 Å². The van der Waals surface area contributed by atoms with Crippen molar-refractivity contribution < 1.29 is 9.90 Å². The first kappa shape index (κ1) is 8.31. The molecule has 0 spiro atoms. The molecule has 0 bridgehead atoms. The highest BCUT2D eigenvalue weighted by Crippen LogP contribution is 2.35. The van der Waals surface area contributed by atoms with Gasteiger partial charge in [0, 0.05) is 0 Å². The highest BCUT2D eigenvalue weighted by Gasteiger charge is 2.26. The van der Waals surface area contributed by atoms with Gasteiger partial charge >= 0.3 is 5.97 Å². The molecule has 1 aliphatic rings. The molecule has 2 nitrogen and oxygen atoms in total. The van der Waals surface area contributed by atoms with Crippen LogP contribution < -0.4 is 0 Å². The highest BCUT2D eigenvalue weighted by atomic mass is 16.4. The maximum absolute atomic E-state index is 10.4. The second-order valence-electron chi connectivity index (χ2n) is 3.60. The number of carboxylic acids is 1. The molecule has 1 atom stereocenters. The molecular formula is C9H14O2. The van der Waals surface area contributed by atoms with Crippen LogP contribution >= 0.6 is 0 Å². The molecule has 0 amide bonds. The average Bonchev–Trinajstić information content (AvgIpc) is 1.85. The normalized spacial score (nSPS) is 30.3. The molecule has 0 radical (unpaired) electrons. The van der Waals surface area contributed by atoms with E-state index in [2.05, 4.69) is 12.2 Å². The summed E-state index contributed by atoms with van der Waals surface area (Å²) in [5.41, 5.74) is 0.0145. The molecular weight excluding hydrogens is 140 g/mol. The summed E-state index contributed by atoms with van der Waals surface area (Å²) in [7, 11) is 0. The van der Waals surface area contributed by atoms with Gasteiger partial charge in [-0.25, -0.2) is 0 Å². The molecule has 0 aromatic heterocycles. The van der Waals surface area contributed by atoms with E-state index in [4.69, 9.17) is 5.11 Å². The van der Waals surface area contributed by atoms with Crippen LogP contribution in [0.25, 0.3) is 0 Å². The maximum Gasteiger partial charge on any atom is 0.303 e. The fourth-order valence-corrected chi connectivity index (χ4v) is 1.55. The topological polar surface area (TPSA) is 37.3 Å². The van der Waals surface area contributed by atoms with Crippen molar-refractivity contribution in [2.75, 3.05) is 0 Å². The lowest BCUT2D eigenvalue weighted by molar-refractivity contribution is -0.139. The molecule has 0 saturated carbocycles. The van der Waals surface area contributed by atoms with Crippen molar-refractivity contribution in [3.05, 3.63) is 12.2 Å². The van der Waals surface area contributed by atoms with Crippen LogP contribution in [-0.2, 0) is 4.79 Å². The van der Waals surface area contributed by atoms with Crippen molar-refractivity contribution in [3.8, 4) is 0 Å². The van der Waals surface area contributed by atoms with Gasteiger partial charge in [-0.05, 0) is 24.7 Å². The van der Waals surface area contributed by atoms with Crippen molar-refractivity contribution in [2.24, 2.45) is 5.41 Å². The Morgan fingerprint density at radius 1 is 1.64 bits per heavy atom. The zero-order valence-corrected chi connectivity index (χ0v) is 6.84. The molecule has 0 aromatic rings. The van der Waals surface area contributed by atoms with Crippen LogP contribution in [0, 0.1) is 5.41 Å². The first-order valence-electron chi connectivity index (χ1n) is 3.99. The smallest absolute Gasteiger partial charge is 0.303 e. The molecule has 2 heteroatoms. The van der Waals surface area contributed by atoms with E-state index in [9.17, 15) is 4.79 Å². The van der Waals surface area contributed by atoms with Gasteiger partial charge in [0.05, 0.1) is 6.42 Å². The molecule has 62 valence electrons. The molecule has 0 aromatic carbocycles. The Balaban J connectivity index is 2.52. The highest BCUT2D eigenvalue weighted by molar-refractivity contribution is 5.67. The predicted octanol–water partition coefficient (Wildman–Crippen LogP) is 2.21. The minimum atomic E-state index is -0.678. The third-order valence-electron chi connectivity index (χ3n) is 2.27. The minimum Gasteiger partial charge on any atom is -0.481 e. The van der Waals surface area contributed by atoms with Crippen molar-refractivity contribution in [1.82, 2.24) is 0 Å². The standard InChI is InChI=1S/C9H14O2/c1-9(7-8(10)11)5-3-2-4-6-9/h2-3H,4-7H2,1H3,(H,10,11). The zero-order chi connectivity index (χ0) is 8.32. The largest absolute Gasteiger partial charge is 0.481 e. The van der Waals surface area contributed by atoms with E-state index < -0.39 is 5.97 Å². The lowest BCUT2D eigenvalue weighted by atomic mass is 9.76. The molecule has 0 aliphatic heterocycles. The Hall–Kier alpha value is -0.790. The number of aliphatic carboxylic acids is 1. The molecule has 1 rings (SSSR count). The molecule has 11 heavy (non-hydrogen) atoms. The Labute approximate surface area is 66.9 Å². The zero-order valence-electron chi connectivity index (χ0n) is 6.84. The predicted molar refractivity (Wildman–Crippen MR) is 43.4 cm³/mol. The van der Waals surface area contributed by atoms with Gasteiger partial charge in [0.25, 0.3) is 0 Å². The quantitative estimate of drug-likeness (QED) is 0.619. The Bertz CT molecular complexity index is 184. The van der Waals surface area contributed by atoms with E-state index in [1.54, 1.807) is 0 Å². The van der Waals surface area contributed by atoms with Crippen LogP contribution in [0.2, 0.25) is 0 Å². The van der Waals surface area contributed by atoms with E-state index in [1.165, 1.54) is 0 Å². The van der Waals surface area contributed by atoms with E-state index in [0.717, 1.165) is 19.3 Å². The summed E-state index contributed by atoms with van der Waals surface area (Å²) in [6, 6.07) is 0. The number of rotatable bonds is 2. The average molecular weight is 154 g/mol. The Morgan fingerprint density at radius 3 is 2.82 bits per heavy atom. The summed E-state index contributed by atoms with van der Waals surface area (Å²) in [6.45, 7) is 2.05. The van der Waals surface area contributed by atoms with Gasteiger partial charge in [-0.15, -0.1) is 0 Å². The fraction of sp³-hybridized carbons (Fsp3) is 0.667. The van der Waals surface area contributed by atoms with Crippen molar-refractivity contribution >= 4 is 5.97 Å². The van der Waals surface area contributed by atoms with Gasteiger partial charge in [0.2, 0.25) is 0 Å². The lowest BCUT2D eigenvalue weighted by Gasteiger charge is -2.28. The Kier molecular flexibility index (Phi) is 2.32. The van der Waals surface area contributed by atoms with Crippen molar-refractivity contribution in [1.29, 1.82) is 0 Å². The van der Waals surface area contributed by atoms with Crippen LogP contribution in [0.1, 0.15) is 32.6 Å². The number of carboxylic acid groups (broad SMARTS) is 1. The maximum atomic E-state index is 10.4. The minimum absolute atomic E-state index is 0.0145. The van der Waals surface area contributed by atoms with E-state index in [0.29, 0.717) is 6.42 Å². The second-order valence-corrected chi connectivity index (χ2v) is 3.60. The summed E-state index contributed by atoms with van der Waals surface area (Å²) < 4.78 is 0. The fourth-order valence-electron chi connectivity index (χ4n) is 1.55. The molecule has 0 heterocycles. The van der Waals surface area contributed by atoms with E-state index in [-0.39, 0.29) is 5.41 Å². The monoisotopic (exact) mass is 154 g/mol. The van der Waals surface area contributed by atoms with E-state index >= 15 is 0 Å². The summed E-state index contributed by atoms with van der Waals surface area (Å²) >= 11 is 0. The number of carbonyl (C=O) groups is 1. The van der Waals surface area contributed by atoms with Gasteiger partial charge in [-0.1, -0.05) is 19.1 Å². The molecule has 1 unspecified atom stereocenters. The SMILES string of the molecule is CC1(CC(=O)O)CC=CCC1. The summed E-state index contributed by atoms with van der Waals surface area (Å²) in [6.07, 6.45) is 7.48. The third-order valence-corrected chi connectivity index (χ3v) is 2.27. The number of hydrogen-bond donors (Lipinski definition) is 1. The molecule has 0 fully saturated rings. The van der Waals surface area contributed by atoms with Gasteiger partial charge in [0.1, 0.15) is 0 Å². The molecule has 0 saturated heterocycles. The lowest BCUT2D eigenvalue weighted by Crippen LogP contribution is -2.21. The van der Waals surface area contributed by atoms with Gasteiger partial charge in [-0.3, -0.25) is 4.79 Å². The number of hydrogen-bond acceptors (Lipinski definition) is 1. The molecule has 1 N–H and O–H groups in total. The summed E-state index contributed by atoms with van der Waals surface area (Å²) in [5.74, 6) is -0.678. The first-order chi connectivity index (χ1) is 5.12.